The molecule has 0 aliphatic heterocycles. The van der Waals surface area contributed by atoms with Gasteiger partial charge in [-0.1, -0.05) is 115 Å². The zero-order chi connectivity index (χ0) is 30.5. The van der Waals surface area contributed by atoms with Crippen molar-refractivity contribution in [3.8, 4) is 0 Å². The summed E-state index contributed by atoms with van der Waals surface area (Å²) in [5.74, 6) is -0.976. The number of hydrogen-bond acceptors (Lipinski definition) is 5. The highest BCUT2D eigenvalue weighted by Gasteiger charge is 2.30. The number of hydrogen-bond donors (Lipinski definition) is 1. The van der Waals surface area contributed by atoms with Crippen LogP contribution in [0.2, 0.25) is 0 Å². The maximum atomic E-state index is 13.0. The van der Waals surface area contributed by atoms with E-state index in [1.54, 1.807) is 18.2 Å². The Labute approximate surface area is 249 Å². The van der Waals surface area contributed by atoms with Crippen LogP contribution < -0.4 is 5.32 Å². The van der Waals surface area contributed by atoms with E-state index in [1.165, 1.54) is 95.2 Å². The summed E-state index contributed by atoms with van der Waals surface area (Å²) in [7, 11) is 0. The lowest BCUT2D eigenvalue weighted by molar-refractivity contribution is -0.144. The molecule has 0 aliphatic carbocycles. The normalized spacial score (nSPS) is 11.3. The van der Waals surface area contributed by atoms with Crippen LogP contribution in [0.15, 0.2) is 48.5 Å². The number of carbonyl (C=O) groups excluding carboxylic acids is 2. The molecule has 0 spiro atoms. The van der Waals surface area contributed by atoms with Gasteiger partial charge >= 0.3 is 18.1 Å². The van der Waals surface area contributed by atoms with Gasteiger partial charge < -0.3 is 14.8 Å². The van der Waals surface area contributed by atoms with E-state index in [1.807, 2.05) is 0 Å². The van der Waals surface area contributed by atoms with Gasteiger partial charge in [0.2, 0.25) is 0 Å². The lowest BCUT2D eigenvalue weighted by Crippen LogP contribution is -2.15. The molecule has 2 aromatic carbocycles. The second-order valence-electron chi connectivity index (χ2n) is 10.8. The number of unbranched alkanes of at least 4 members (excludes halogenated alkanes) is 14. The van der Waals surface area contributed by atoms with E-state index in [0.717, 1.165) is 31.4 Å². The molecule has 0 heterocycles. The summed E-state index contributed by atoms with van der Waals surface area (Å²) < 4.78 is 49.5. The molecular weight excluding hydrogens is 543 g/mol. The number of esters is 2. The maximum Gasteiger partial charge on any atom is 0.416 e. The summed E-state index contributed by atoms with van der Waals surface area (Å²) in [4.78, 5) is 24.6. The van der Waals surface area contributed by atoms with Crippen molar-refractivity contribution in [1.82, 2.24) is 0 Å². The molecule has 0 unspecified atom stereocenters. The van der Waals surface area contributed by atoms with Gasteiger partial charge in [0.05, 0.1) is 16.8 Å². The highest BCUT2D eigenvalue weighted by molar-refractivity contribution is 5.96. The Hall–Kier alpha value is -3.03. The molecule has 0 radical (unpaired) electrons. The van der Waals surface area contributed by atoms with E-state index in [0.29, 0.717) is 12.1 Å². The first-order valence-corrected chi connectivity index (χ1v) is 15.7. The zero-order valence-corrected chi connectivity index (χ0v) is 25.1. The average molecular weight is 592 g/mol. The van der Waals surface area contributed by atoms with Gasteiger partial charge in [0, 0.05) is 12.1 Å². The fraction of sp³-hybridized carbons (Fsp3) is 0.588. The Morgan fingerprint density at radius 3 is 1.83 bits per heavy atom. The number of anilines is 2. The SMILES string of the molecule is CCCCCCCCCCCCCCCCCC(=O)OCCOC(=O)c1ccccc1Nc1cccc(C(F)(F)F)c1. The van der Waals surface area contributed by atoms with E-state index >= 15 is 0 Å². The molecule has 42 heavy (non-hydrogen) atoms. The third-order valence-electron chi connectivity index (χ3n) is 7.18. The number of alkyl halides is 3. The molecule has 5 nitrogen and oxygen atoms in total. The van der Waals surface area contributed by atoms with Gasteiger partial charge in [-0.25, -0.2) is 4.79 Å². The molecule has 0 amide bonds. The number of benzene rings is 2. The quantitative estimate of drug-likeness (QED) is 0.109. The topological polar surface area (TPSA) is 64.6 Å². The first-order valence-electron chi connectivity index (χ1n) is 15.7. The number of carbonyl (C=O) groups is 2. The Morgan fingerprint density at radius 1 is 0.690 bits per heavy atom. The highest BCUT2D eigenvalue weighted by Crippen LogP contribution is 2.32. The van der Waals surface area contributed by atoms with Gasteiger partial charge in [0.25, 0.3) is 0 Å². The Kier molecular flexibility index (Phi) is 17.4. The number of rotatable bonds is 22. The van der Waals surface area contributed by atoms with E-state index in [4.69, 9.17) is 9.47 Å². The Bertz CT molecular complexity index is 1040. The highest BCUT2D eigenvalue weighted by atomic mass is 19.4. The lowest BCUT2D eigenvalue weighted by atomic mass is 10.0. The van der Waals surface area contributed by atoms with Gasteiger partial charge in [-0.2, -0.15) is 13.2 Å². The predicted molar refractivity (Wildman–Crippen MR) is 162 cm³/mol. The maximum absolute atomic E-state index is 13.0. The number of para-hydroxylation sites is 1. The van der Waals surface area contributed by atoms with E-state index in [-0.39, 0.29) is 30.4 Å². The van der Waals surface area contributed by atoms with E-state index < -0.39 is 17.7 Å². The summed E-state index contributed by atoms with van der Waals surface area (Å²) in [6.45, 7) is 2.09. The molecule has 1 N–H and O–H groups in total. The largest absolute Gasteiger partial charge is 0.462 e. The van der Waals surface area contributed by atoms with Crippen molar-refractivity contribution in [2.45, 2.75) is 116 Å². The van der Waals surface area contributed by atoms with Crippen molar-refractivity contribution in [3.63, 3.8) is 0 Å². The fourth-order valence-corrected chi connectivity index (χ4v) is 4.78. The zero-order valence-electron chi connectivity index (χ0n) is 25.1. The van der Waals surface area contributed by atoms with Crippen molar-refractivity contribution in [2.75, 3.05) is 18.5 Å². The smallest absolute Gasteiger partial charge is 0.416 e. The summed E-state index contributed by atoms with van der Waals surface area (Å²) in [5.41, 5.74) is -0.123. The number of ether oxygens (including phenoxy) is 2. The Balaban J connectivity index is 1.52. The monoisotopic (exact) mass is 591 g/mol. The average Bonchev–Trinajstić information content (AvgIpc) is 2.97. The van der Waals surface area contributed by atoms with Crippen LogP contribution >= 0.6 is 0 Å². The van der Waals surface area contributed by atoms with Crippen LogP contribution in [-0.4, -0.2) is 25.2 Å². The van der Waals surface area contributed by atoms with Crippen molar-refractivity contribution in [2.24, 2.45) is 0 Å². The summed E-state index contributed by atoms with van der Waals surface area (Å²) in [5, 5.41) is 2.85. The Morgan fingerprint density at radius 2 is 1.24 bits per heavy atom. The van der Waals surface area contributed by atoms with Gasteiger partial charge in [0.1, 0.15) is 13.2 Å². The van der Waals surface area contributed by atoms with Crippen molar-refractivity contribution in [1.29, 1.82) is 0 Å². The van der Waals surface area contributed by atoms with Crippen molar-refractivity contribution in [3.05, 3.63) is 59.7 Å². The summed E-state index contributed by atoms with van der Waals surface area (Å²) in [6.07, 6.45) is 14.8. The standard InChI is InChI=1S/C34H48F3NO4/c1-2-3-4-5-6-7-8-9-10-11-12-13-14-15-16-24-32(39)41-25-26-42-33(40)30-22-17-18-23-31(30)38-29-21-19-20-28(27-29)34(35,36)37/h17-23,27,38H,2-16,24-26H2,1H3. The molecule has 0 saturated heterocycles. The minimum absolute atomic E-state index is 0.0491. The van der Waals surface area contributed by atoms with Crippen LogP contribution in [0, 0.1) is 0 Å². The van der Waals surface area contributed by atoms with E-state index in [9.17, 15) is 22.8 Å². The predicted octanol–water partition coefficient (Wildman–Crippen LogP) is 10.4. The summed E-state index contributed by atoms with van der Waals surface area (Å²) in [6, 6.07) is 11.1. The van der Waals surface area contributed by atoms with Crippen LogP contribution in [0.4, 0.5) is 24.5 Å². The van der Waals surface area contributed by atoms with Crippen LogP contribution in [0.3, 0.4) is 0 Å². The molecule has 2 aromatic rings. The molecule has 2 rings (SSSR count). The molecular formula is C34H48F3NO4. The second-order valence-corrected chi connectivity index (χ2v) is 10.8. The van der Waals surface area contributed by atoms with Gasteiger partial charge in [-0.15, -0.1) is 0 Å². The number of halogens is 3. The van der Waals surface area contributed by atoms with Gasteiger partial charge in [-0.05, 0) is 36.8 Å². The van der Waals surface area contributed by atoms with Gasteiger partial charge in [0.15, 0.2) is 0 Å². The molecule has 0 bridgehead atoms. The minimum atomic E-state index is -4.47. The molecule has 0 aliphatic rings. The van der Waals surface area contributed by atoms with Crippen LogP contribution in [0.25, 0.3) is 0 Å². The van der Waals surface area contributed by atoms with Crippen LogP contribution in [0.1, 0.15) is 126 Å². The van der Waals surface area contributed by atoms with Crippen molar-refractivity contribution >= 4 is 23.3 Å². The van der Waals surface area contributed by atoms with Crippen LogP contribution in [-0.2, 0) is 20.4 Å². The first kappa shape index (κ1) is 35.2. The minimum Gasteiger partial charge on any atom is -0.462 e. The molecule has 234 valence electrons. The molecule has 0 fully saturated rings. The third-order valence-corrected chi connectivity index (χ3v) is 7.18. The third kappa shape index (κ3) is 15.3. The second kappa shape index (κ2) is 20.8. The van der Waals surface area contributed by atoms with Crippen LogP contribution in [0.5, 0.6) is 0 Å². The van der Waals surface area contributed by atoms with Gasteiger partial charge in [-0.3, -0.25) is 4.79 Å². The first-order chi connectivity index (χ1) is 20.3. The lowest BCUT2D eigenvalue weighted by Gasteiger charge is -2.13. The van der Waals surface area contributed by atoms with Crippen molar-refractivity contribution < 1.29 is 32.2 Å². The fourth-order valence-electron chi connectivity index (χ4n) is 4.78. The molecule has 0 saturated carbocycles. The molecule has 0 atom stereocenters. The number of nitrogens with one attached hydrogen (secondary N) is 1. The molecule has 0 aromatic heterocycles. The summed E-state index contributed by atoms with van der Waals surface area (Å²) >= 11 is 0. The molecule has 8 heteroatoms. The van der Waals surface area contributed by atoms with E-state index in [2.05, 4.69) is 12.2 Å².